The number of thiazole rings is 1. The Morgan fingerprint density at radius 1 is 1.05 bits per heavy atom. The molecule has 0 radical (unpaired) electrons. The van der Waals surface area contributed by atoms with E-state index in [0.29, 0.717) is 23.3 Å². The van der Waals surface area contributed by atoms with Crippen LogP contribution in [0.1, 0.15) is 21.8 Å². The number of rotatable bonds is 9. The number of hydrogen-bond donors (Lipinski definition) is 1. The summed E-state index contributed by atoms with van der Waals surface area (Å²) in [5, 5.41) is 15.5. The maximum Gasteiger partial charge on any atom is 0.236 e. The summed E-state index contributed by atoms with van der Waals surface area (Å²) in [5.74, 6) is 0.928. The van der Waals surface area contributed by atoms with Crippen molar-refractivity contribution in [3.63, 3.8) is 0 Å². The molecule has 2 aromatic heterocycles. The molecule has 6 nitrogen and oxygen atoms in total. The van der Waals surface area contributed by atoms with Crippen LogP contribution in [0.3, 0.4) is 0 Å². The number of amides is 1. The van der Waals surface area contributed by atoms with Gasteiger partial charge in [-0.15, -0.1) is 28.1 Å². The molecule has 0 saturated carbocycles. The molecule has 0 fully saturated rings. The first-order valence-electron chi connectivity index (χ1n) is 12.0. The van der Waals surface area contributed by atoms with Crippen LogP contribution in [-0.4, -0.2) is 31.4 Å². The van der Waals surface area contributed by atoms with Gasteiger partial charge in [-0.3, -0.25) is 4.79 Å². The molecular weight excluding hydrogens is 498 g/mol. The molecule has 0 bridgehead atoms. The summed E-state index contributed by atoms with van der Waals surface area (Å²) in [6.07, 6.45) is 2.47. The van der Waals surface area contributed by atoms with Crippen molar-refractivity contribution in [3.8, 4) is 11.3 Å². The fraction of sp³-hybridized carbons (Fsp3) is 0.172. The lowest BCUT2D eigenvalue weighted by Gasteiger charge is -2.09. The standard InChI is InChI=1S/C29H27N5OS2/c1-4-16-34-25(17-23-10-7-9-21-8-5-6-11-24(21)23)32-33-29(34)36-18-26(35)30-28-31-27(20(3)37-28)22-14-12-19(2)13-15-22/h4-15H,1,16-18H2,2-3H3,(H,30,31,35). The smallest absolute Gasteiger partial charge is 0.236 e. The Hall–Kier alpha value is -3.75. The van der Waals surface area contributed by atoms with Crippen LogP contribution in [-0.2, 0) is 17.8 Å². The van der Waals surface area contributed by atoms with E-state index in [0.717, 1.165) is 22.0 Å². The van der Waals surface area contributed by atoms with Gasteiger partial charge in [0.15, 0.2) is 10.3 Å². The first-order chi connectivity index (χ1) is 18.0. The predicted molar refractivity (Wildman–Crippen MR) is 153 cm³/mol. The van der Waals surface area contributed by atoms with Crippen molar-refractivity contribution >= 4 is 44.9 Å². The van der Waals surface area contributed by atoms with E-state index in [-0.39, 0.29) is 11.7 Å². The van der Waals surface area contributed by atoms with Crippen molar-refractivity contribution in [2.24, 2.45) is 0 Å². The number of allylic oxidation sites excluding steroid dienone is 1. The van der Waals surface area contributed by atoms with Crippen molar-refractivity contribution in [3.05, 3.63) is 101 Å². The molecule has 5 rings (SSSR count). The fourth-order valence-corrected chi connectivity index (χ4v) is 5.82. The van der Waals surface area contributed by atoms with Gasteiger partial charge in [0.2, 0.25) is 5.91 Å². The average Bonchev–Trinajstić information content (AvgIpc) is 3.46. The Morgan fingerprint density at radius 3 is 2.65 bits per heavy atom. The monoisotopic (exact) mass is 525 g/mol. The number of hydrogen-bond acceptors (Lipinski definition) is 6. The number of anilines is 1. The first kappa shape index (κ1) is 24.9. The van der Waals surface area contributed by atoms with Gasteiger partial charge in [0.25, 0.3) is 0 Å². The van der Waals surface area contributed by atoms with Gasteiger partial charge in [-0.1, -0.05) is 90.1 Å². The van der Waals surface area contributed by atoms with Crippen LogP contribution in [0.4, 0.5) is 5.13 Å². The third-order valence-corrected chi connectivity index (χ3v) is 7.89. The van der Waals surface area contributed by atoms with E-state index in [4.69, 9.17) is 0 Å². The lowest BCUT2D eigenvalue weighted by molar-refractivity contribution is -0.113. The van der Waals surface area contributed by atoms with Crippen molar-refractivity contribution in [2.45, 2.75) is 32.0 Å². The van der Waals surface area contributed by atoms with Crippen LogP contribution in [0.2, 0.25) is 0 Å². The quantitative estimate of drug-likeness (QED) is 0.172. The zero-order valence-electron chi connectivity index (χ0n) is 20.8. The Labute approximate surface area is 224 Å². The second kappa shape index (κ2) is 11.1. The number of nitrogens with one attached hydrogen (secondary N) is 1. The van der Waals surface area contributed by atoms with Crippen LogP contribution in [0.5, 0.6) is 0 Å². The van der Waals surface area contributed by atoms with E-state index in [1.165, 1.54) is 45.0 Å². The van der Waals surface area contributed by atoms with Gasteiger partial charge in [0.1, 0.15) is 5.82 Å². The molecule has 1 N–H and O–H groups in total. The molecule has 0 aliphatic carbocycles. The summed E-state index contributed by atoms with van der Waals surface area (Å²) < 4.78 is 2.02. The van der Waals surface area contributed by atoms with E-state index in [1.54, 1.807) is 0 Å². The molecule has 0 atom stereocenters. The molecule has 37 heavy (non-hydrogen) atoms. The van der Waals surface area contributed by atoms with Gasteiger partial charge < -0.3 is 9.88 Å². The summed E-state index contributed by atoms with van der Waals surface area (Å²) in [4.78, 5) is 18.5. The van der Waals surface area contributed by atoms with E-state index in [9.17, 15) is 4.79 Å². The fourth-order valence-electron chi connectivity index (χ4n) is 4.20. The van der Waals surface area contributed by atoms with E-state index in [2.05, 4.69) is 88.6 Å². The van der Waals surface area contributed by atoms with Crippen LogP contribution >= 0.6 is 23.1 Å². The van der Waals surface area contributed by atoms with Crippen molar-refractivity contribution in [2.75, 3.05) is 11.1 Å². The zero-order valence-corrected chi connectivity index (χ0v) is 22.4. The molecule has 5 aromatic rings. The molecule has 0 unspecified atom stereocenters. The van der Waals surface area contributed by atoms with E-state index >= 15 is 0 Å². The van der Waals surface area contributed by atoms with Gasteiger partial charge in [0, 0.05) is 23.4 Å². The van der Waals surface area contributed by atoms with Crippen molar-refractivity contribution in [1.82, 2.24) is 19.7 Å². The van der Waals surface area contributed by atoms with Crippen LogP contribution in [0.25, 0.3) is 22.0 Å². The molecular formula is C29H27N5OS2. The average molecular weight is 526 g/mol. The lowest BCUT2D eigenvalue weighted by Crippen LogP contribution is -2.14. The van der Waals surface area contributed by atoms with Gasteiger partial charge in [-0.05, 0) is 30.2 Å². The number of fused-ring (bicyclic) bond motifs is 1. The maximum atomic E-state index is 12.8. The Bertz CT molecular complexity index is 1560. The molecule has 0 aliphatic heterocycles. The second-order valence-electron chi connectivity index (χ2n) is 8.74. The summed E-state index contributed by atoms with van der Waals surface area (Å²) in [7, 11) is 0. The van der Waals surface area contributed by atoms with Crippen LogP contribution in [0.15, 0.2) is 84.5 Å². The maximum absolute atomic E-state index is 12.8. The van der Waals surface area contributed by atoms with Gasteiger partial charge >= 0.3 is 0 Å². The van der Waals surface area contributed by atoms with E-state index < -0.39 is 0 Å². The largest absolute Gasteiger partial charge is 0.302 e. The first-order valence-corrected chi connectivity index (χ1v) is 13.8. The number of aryl methyl sites for hydroxylation is 2. The Morgan fingerprint density at radius 2 is 1.84 bits per heavy atom. The normalized spacial score (nSPS) is 11.1. The predicted octanol–water partition coefficient (Wildman–Crippen LogP) is 6.68. The van der Waals surface area contributed by atoms with Crippen LogP contribution in [0, 0.1) is 13.8 Å². The van der Waals surface area contributed by atoms with Crippen molar-refractivity contribution in [1.29, 1.82) is 0 Å². The second-order valence-corrected chi connectivity index (χ2v) is 10.9. The number of carbonyl (C=O) groups is 1. The summed E-state index contributed by atoms with van der Waals surface area (Å²) in [6.45, 7) is 8.55. The SMILES string of the molecule is C=CCn1c(Cc2cccc3ccccc23)nnc1SCC(=O)Nc1nc(-c2ccc(C)cc2)c(C)s1. The number of thioether (sulfide) groups is 1. The third kappa shape index (κ3) is 5.65. The van der Waals surface area contributed by atoms with Crippen LogP contribution < -0.4 is 5.32 Å². The summed E-state index contributed by atoms with van der Waals surface area (Å²) in [5.41, 5.74) is 4.34. The minimum atomic E-state index is -0.127. The molecule has 0 aliphatic rings. The molecule has 8 heteroatoms. The highest BCUT2D eigenvalue weighted by atomic mass is 32.2. The zero-order chi connectivity index (χ0) is 25.8. The number of carbonyl (C=O) groups excluding carboxylic acids is 1. The Balaban J connectivity index is 1.27. The minimum Gasteiger partial charge on any atom is -0.302 e. The number of nitrogens with zero attached hydrogens (tertiary/aromatic N) is 4. The minimum absolute atomic E-state index is 0.127. The molecule has 1 amide bonds. The highest BCUT2D eigenvalue weighted by molar-refractivity contribution is 7.99. The number of benzene rings is 3. The lowest BCUT2D eigenvalue weighted by atomic mass is 10.0. The number of aromatic nitrogens is 4. The van der Waals surface area contributed by atoms with Gasteiger partial charge in [-0.25, -0.2) is 4.98 Å². The van der Waals surface area contributed by atoms with E-state index in [1.807, 2.05) is 29.7 Å². The molecule has 3 aromatic carbocycles. The van der Waals surface area contributed by atoms with Crippen molar-refractivity contribution < 1.29 is 4.79 Å². The summed E-state index contributed by atoms with van der Waals surface area (Å²) >= 11 is 2.85. The molecule has 2 heterocycles. The molecule has 186 valence electrons. The van der Waals surface area contributed by atoms with Gasteiger partial charge in [-0.2, -0.15) is 0 Å². The topological polar surface area (TPSA) is 72.7 Å². The highest BCUT2D eigenvalue weighted by Crippen LogP contribution is 2.31. The van der Waals surface area contributed by atoms with Gasteiger partial charge in [0.05, 0.1) is 11.4 Å². The molecule has 0 spiro atoms. The summed E-state index contributed by atoms with van der Waals surface area (Å²) in [6, 6.07) is 22.9. The highest BCUT2D eigenvalue weighted by Gasteiger charge is 2.16. The third-order valence-electron chi connectivity index (χ3n) is 6.03. The molecule has 0 saturated heterocycles. The Kier molecular flexibility index (Phi) is 7.48.